The summed E-state index contributed by atoms with van der Waals surface area (Å²) in [5.74, 6) is 1.80. The van der Waals surface area contributed by atoms with E-state index in [1.165, 1.54) is 5.56 Å². The van der Waals surface area contributed by atoms with E-state index in [0.29, 0.717) is 12.6 Å². The van der Waals surface area contributed by atoms with Gasteiger partial charge in [0.05, 0.1) is 6.61 Å². The Kier molecular flexibility index (Phi) is 6.13. The Bertz CT molecular complexity index is 471. The molecule has 0 aliphatic heterocycles. The number of hydrogen-bond donors (Lipinski definition) is 2. The van der Waals surface area contributed by atoms with E-state index in [1.54, 1.807) is 7.05 Å². The maximum Gasteiger partial charge on any atom is 0.191 e. The molecule has 1 aromatic carbocycles. The molecule has 0 saturated heterocycles. The molecule has 2 rings (SSSR count). The van der Waals surface area contributed by atoms with Gasteiger partial charge in [-0.2, -0.15) is 0 Å². The van der Waals surface area contributed by atoms with Crippen LogP contribution in [-0.4, -0.2) is 32.2 Å². The molecule has 0 unspecified atom stereocenters. The second-order valence-corrected chi connectivity index (χ2v) is 5.30. The van der Waals surface area contributed by atoms with E-state index in [2.05, 4.69) is 46.8 Å². The first-order chi connectivity index (χ1) is 10.3. The molecule has 0 saturated carbocycles. The van der Waals surface area contributed by atoms with Crippen LogP contribution in [0.4, 0.5) is 0 Å². The monoisotopic (exact) mass is 287 g/mol. The summed E-state index contributed by atoms with van der Waals surface area (Å²) >= 11 is 0. The van der Waals surface area contributed by atoms with E-state index in [4.69, 9.17) is 4.74 Å². The third-order valence-corrected chi connectivity index (χ3v) is 3.48. The molecule has 1 aliphatic rings. The Morgan fingerprint density at radius 2 is 1.95 bits per heavy atom. The number of nitrogens with zero attached hydrogens (tertiary/aromatic N) is 1. The van der Waals surface area contributed by atoms with Crippen LogP contribution in [0.3, 0.4) is 0 Å². The summed E-state index contributed by atoms with van der Waals surface area (Å²) in [7, 11) is 1.81. The average Bonchev–Trinajstić information content (AvgIpc) is 3.00. The fourth-order valence-electron chi connectivity index (χ4n) is 2.23. The van der Waals surface area contributed by atoms with E-state index in [-0.39, 0.29) is 0 Å². The molecule has 4 nitrogen and oxygen atoms in total. The third kappa shape index (κ3) is 5.50. The van der Waals surface area contributed by atoms with Crippen molar-refractivity contribution in [3.8, 4) is 5.75 Å². The normalized spacial score (nSPS) is 15.2. The largest absolute Gasteiger partial charge is 0.494 e. The van der Waals surface area contributed by atoms with Gasteiger partial charge in [-0.05, 0) is 38.3 Å². The van der Waals surface area contributed by atoms with Crippen LogP contribution in [0.5, 0.6) is 5.75 Å². The van der Waals surface area contributed by atoms with E-state index < -0.39 is 0 Å². The molecule has 0 spiro atoms. The molecule has 4 heteroatoms. The maximum atomic E-state index is 5.70. The maximum absolute atomic E-state index is 5.70. The minimum atomic E-state index is 0.486. The molecule has 0 fully saturated rings. The van der Waals surface area contributed by atoms with Crippen molar-refractivity contribution < 1.29 is 4.74 Å². The Morgan fingerprint density at radius 1 is 1.24 bits per heavy atom. The van der Waals surface area contributed by atoms with Gasteiger partial charge in [0, 0.05) is 19.6 Å². The fourth-order valence-corrected chi connectivity index (χ4v) is 2.23. The lowest BCUT2D eigenvalue weighted by Crippen LogP contribution is -2.42. The molecular weight excluding hydrogens is 262 g/mol. The SMILES string of the molecule is CN=C(NCCCOc1ccc(C)cc1)NC1CC=CC1. The average molecular weight is 287 g/mol. The van der Waals surface area contributed by atoms with Gasteiger partial charge in [0.1, 0.15) is 5.75 Å². The molecule has 0 atom stereocenters. The Labute approximate surface area is 127 Å². The van der Waals surface area contributed by atoms with Crippen LogP contribution in [0.2, 0.25) is 0 Å². The van der Waals surface area contributed by atoms with Crippen molar-refractivity contribution in [2.75, 3.05) is 20.2 Å². The molecule has 1 aliphatic carbocycles. The van der Waals surface area contributed by atoms with Crippen LogP contribution < -0.4 is 15.4 Å². The van der Waals surface area contributed by atoms with Gasteiger partial charge in [0.2, 0.25) is 0 Å². The van der Waals surface area contributed by atoms with E-state index in [0.717, 1.165) is 37.5 Å². The van der Waals surface area contributed by atoms with Crippen molar-refractivity contribution >= 4 is 5.96 Å². The van der Waals surface area contributed by atoms with Crippen molar-refractivity contribution in [3.05, 3.63) is 42.0 Å². The van der Waals surface area contributed by atoms with Crippen molar-refractivity contribution in [2.24, 2.45) is 4.99 Å². The van der Waals surface area contributed by atoms with E-state index in [9.17, 15) is 0 Å². The number of nitrogens with one attached hydrogen (secondary N) is 2. The summed E-state index contributed by atoms with van der Waals surface area (Å²) in [6, 6.07) is 8.64. The molecule has 0 radical (unpaired) electrons. The summed E-state index contributed by atoms with van der Waals surface area (Å²) < 4.78 is 5.70. The Balaban J connectivity index is 1.58. The van der Waals surface area contributed by atoms with Crippen LogP contribution in [0.1, 0.15) is 24.8 Å². The zero-order chi connectivity index (χ0) is 14.9. The highest BCUT2D eigenvalue weighted by atomic mass is 16.5. The van der Waals surface area contributed by atoms with E-state index in [1.807, 2.05) is 12.1 Å². The van der Waals surface area contributed by atoms with Gasteiger partial charge in [0.25, 0.3) is 0 Å². The number of aliphatic imine (C=N–C) groups is 1. The van der Waals surface area contributed by atoms with Gasteiger partial charge in [-0.1, -0.05) is 29.8 Å². The van der Waals surface area contributed by atoms with Gasteiger partial charge >= 0.3 is 0 Å². The minimum Gasteiger partial charge on any atom is -0.494 e. The number of aryl methyl sites for hydroxylation is 1. The second kappa shape index (κ2) is 8.35. The number of benzene rings is 1. The highest BCUT2D eigenvalue weighted by Crippen LogP contribution is 2.11. The van der Waals surface area contributed by atoms with Gasteiger partial charge in [0.15, 0.2) is 5.96 Å². The fraction of sp³-hybridized carbons (Fsp3) is 0.471. The lowest BCUT2D eigenvalue weighted by molar-refractivity contribution is 0.311. The molecule has 1 aromatic rings. The number of hydrogen-bond acceptors (Lipinski definition) is 2. The number of rotatable bonds is 6. The van der Waals surface area contributed by atoms with Crippen molar-refractivity contribution in [1.82, 2.24) is 10.6 Å². The predicted molar refractivity (Wildman–Crippen MR) is 88.0 cm³/mol. The van der Waals surface area contributed by atoms with Crippen LogP contribution >= 0.6 is 0 Å². The molecule has 21 heavy (non-hydrogen) atoms. The Hall–Kier alpha value is -1.97. The van der Waals surface area contributed by atoms with Crippen molar-refractivity contribution in [1.29, 1.82) is 0 Å². The van der Waals surface area contributed by atoms with E-state index >= 15 is 0 Å². The second-order valence-electron chi connectivity index (χ2n) is 5.30. The summed E-state index contributed by atoms with van der Waals surface area (Å²) in [6.07, 6.45) is 7.52. The molecule has 0 aromatic heterocycles. The molecule has 0 amide bonds. The van der Waals surface area contributed by atoms with Crippen LogP contribution in [-0.2, 0) is 0 Å². The highest BCUT2D eigenvalue weighted by molar-refractivity contribution is 5.80. The smallest absolute Gasteiger partial charge is 0.191 e. The lowest BCUT2D eigenvalue weighted by atomic mass is 10.2. The van der Waals surface area contributed by atoms with Crippen LogP contribution in [0.25, 0.3) is 0 Å². The van der Waals surface area contributed by atoms with Crippen LogP contribution in [0, 0.1) is 6.92 Å². The molecule has 0 heterocycles. The molecular formula is C17H25N3O. The Morgan fingerprint density at radius 3 is 2.62 bits per heavy atom. The standard InChI is InChI=1S/C17H25N3O/c1-14-8-10-16(11-9-14)21-13-5-12-19-17(18-2)20-15-6-3-4-7-15/h3-4,8-11,15H,5-7,12-13H2,1-2H3,(H2,18,19,20). The summed E-state index contributed by atoms with van der Waals surface area (Å²) in [4.78, 5) is 4.24. The summed E-state index contributed by atoms with van der Waals surface area (Å²) in [6.45, 7) is 3.63. The quantitative estimate of drug-likeness (QED) is 0.366. The minimum absolute atomic E-state index is 0.486. The van der Waals surface area contributed by atoms with Gasteiger partial charge < -0.3 is 15.4 Å². The summed E-state index contributed by atoms with van der Waals surface area (Å²) in [5.41, 5.74) is 1.25. The van der Waals surface area contributed by atoms with Gasteiger partial charge in [-0.3, -0.25) is 4.99 Å². The lowest BCUT2D eigenvalue weighted by Gasteiger charge is -2.16. The van der Waals surface area contributed by atoms with Crippen LogP contribution in [0.15, 0.2) is 41.4 Å². The zero-order valence-corrected chi connectivity index (χ0v) is 12.9. The third-order valence-electron chi connectivity index (χ3n) is 3.48. The van der Waals surface area contributed by atoms with Crippen molar-refractivity contribution in [3.63, 3.8) is 0 Å². The van der Waals surface area contributed by atoms with Gasteiger partial charge in [-0.15, -0.1) is 0 Å². The summed E-state index contributed by atoms with van der Waals surface area (Å²) in [5, 5.41) is 6.74. The first kappa shape index (κ1) is 15.4. The van der Waals surface area contributed by atoms with Crippen molar-refractivity contribution in [2.45, 2.75) is 32.2 Å². The van der Waals surface area contributed by atoms with Gasteiger partial charge in [-0.25, -0.2) is 0 Å². The molecule has 114 valence electrons. The number of guanidine groups is 1. The molecule has 2 N–H and O–H groups in total. The first-order valence-corrected chi connectivity index (χ1v) is 7.59. The molecule has 0 bridgehead atoms. The number of ether oxygens (including phenoxy) is 1. The zero-order valence-electron chi connectivity index (χ0n) is 12.9. The highest BCUT2D eigenvalue weighted by Gasteiger charge is 2.10. The predicted octanol–water partition coefficient (Wildman–Crippen LogP) is 2.65. The first-order valence-electron chi connectivity index (χ1n) is 7.59. The topological polar surface area (TPSA) is 45.7 Å².